The molecular weight excluding hydrogens is 272 g/mol. The molecule has 0 atom stereocenters. The van der Waals surface area contributed by atoms with E-state index in [1.807, 2.05) is 0 Å². The van der Waals surface area contributed by atoms with Gasteiger partial charge in [0.1, 0.15) is 0 Å². The Morgan fingerprint density at radius 1 is 1.06 bits per heavy atom. The van der Waals surface area contributed by atoms with Gasteiger partial charge < -0.3 is 0 Å². The maximum Gasteiger partial charge on any atom is 0.00718 e. The Kier molecular flexibility index (Phi) is 5.09. The fraction of sp³-hybridized carbons (Fsp3) is 0.625. The molecule has 17 heavy (non-hydrogen) atoms. The van der Waals surface area contributed by atoms with Crippen LogP contribution in [-0.4, -0.2) is 5.33 Å². The monoisotopic (exact) mass is 294 g/mol. The smallest absolute Gasteiger partial charge is 0.00718 e. The molecule has 2 rings (SSSR count). The maximum absolute atomic E-state index is 3.50. The minimum absolute atomic E-state index is 0.829. The maximum atomic E-state index is 3.50. The molecule has 0 aromatic heterocycles. The van der Waals surface area contributed by atoms with Gasteiger partial charge in [-0.15, -0.1) is 0 Å². The van der Waals surface area contributed by atoms with E-state index >= 15 is 0 Å². The Labute approximate surface area is 114 Å². The Morgan fingerprint density at radius 2 is 1.71 bits per heavy atom. The Bertz CT molecular complexity index is 320. The molecule has 0 bridgehead atoms. The number of hydrogen-bond donors (Lipinski definition) is 0. The van der Waals surface area contributed by atoms with Gasteiger partial charge in [-0.05, 0) is 55.1 Å². The van der Waals surface area contributed by atoms with Crippen molar-refractivity contribution in [3.8, 4) is 0 Å². The number of hydrogen-bond acceptors (Lipinski definition) is 0. The molecule has 0 amide bonds. The van der Waals surface area contributed by atoms with Crippen LogP contribution in [-0.2, 0) is 6.42 Å². The quantitative estimate of drug-likeness (QED) is 0.660. The van der Waals surface area contributed by atoms with Crippen LogP contribution in [0.1, 0.15) is 56.1 Å². The van der Waals surface area contributed by atoms with Crippen molar-refractivity contribution >= 4 is 15.9 Å². The third-order valence-corrected chi connectivity index (χ3v) is 4.65. The number of alkyl halides is 1. The summed E-state index contributed by atoms with van der Waals surface area (Å²) in [5.74, 6) is 1.83. The van der Waals surface area contributed by atoms with Crippen LogP contribution in [0.4, 0.5) is 0 Å². The topological polar surface area (TPSA) is 0 Å². The highest BCUT2D eigenvalue weighted by Gasteiger charge is 2.20. The Balaban J connectivity index is 1.94. The first-order valence-electron chi connectivity index (χ1n) is 6.98. The zero-order chi connectivity index (χ0) is 12.1. The summed E-state index contributed by atoms with van der Waals surface area (Å²) in [6.07, 6.45) is 8.18. The van der Waals surface area contributed by atoms with Crippen LogP contribution in [0.3, 0.4) is 0 Å². The Hall–Kier alpha value is -0.300. The normalized spacial score (nSPS) is 24.8. The van der Waals surface area contributed by atoms with Gasteiger partial charge in [0.25, 0.3) is 0 Å². The van der Waals surface area contributed by atoms with Crippen LogP contribution < -0.4 is 0 Å². The summed E-state index contributed by atoms with van der Waals surface area (Å²) in [6.45, 7) is 2.33. The van der Waals surface area contributed by atoms with Crippen LogP contribution in [0.5, 0.6) is 0 Å². The molecule has 1 aromatic carbocycles. The molecule has 1 aromatic rings. The minimum Gasteiger partial charge on any atom is -0.0924 e. The molecular formula is C16H23Br. The van der Waals surface area contributed by atoms with Gasteiger partial charge in [0, 0.05) is 5.33 Å². The summed E-state index contributed by atoms with van der Waals surface area (Å²) < 4.78 is 0. The molecule has 1 aliphatic carbocycles. The fourth-order valence-electron chi connectivity index (χ4n) is 2.97. The number of benzene rings is 1. The number of halogens is 1. The van der Waals surface area contributed by atoms with Gasteiger partial charge >= 0.3 is 0 Å². The van der Waals surface area contributed by atoms with Crippen molar-refractivity contribution in [1.29, 1.82) is 0 Å². The number of rotatable bonds is 4. The van der Waals surface area contributed by atoms with E-state index in [-0.39, 0.29) is 0 Å². The second-order valence-electron chi connectivity index (χ2n) is 5.31. The first-order valence-corrected chi connectivity index (χ1v) is 8.10. The molecule has 0 unspecified atom stereocenters. The molecule has 0 radical (unpaired) electrons. The van der Waals surface area contributed by atoms with Gasteiger partial charge in [0.15, 0.2) is 0 Å². The van der Waals surface area contributed by atoms with E-state index in [1.54, 1.807) is 5.56 Å². The van der Waals surface area contributed by atoms with E-state index in [0.717, 1.165) is 23.6 Å². The van der Waals surface area contributed by atoms with Gasteiger partial charge in [-0.3, -0.25) is 0 Å². The fourth-order valence-corrected chi connectivity index (χ4v) is 3.43. The third kappa shape index (κ3) is 3.58. The largest absolute Gasteiger partial charge is 0.0924 e. The van der Waals surface area contributed by atoms with Crippen LogP contribution in [0, 0.1) is 5.92 Å². The van der Waals surface area contributed by atoms with Gasteiger partial charge in [-0.1, -0.05) is 53.5 Å². The molecule has 0 heterocycles. The second-order valence-corrected chi connectivity index (χ2v) is 6.10. The lowest BCUT2D eigenvalue weighted by Gasteiger charge is -2.28. The molecule has 0 aliphatic heterocycles. The third-order valence-electron chi connectivity index (χ3n) is 4.26. The summed E-state index contributed by atoms with van der Waals surface area (Å²) in [4.78, 5) is 0. The standard InChI is InChI=1S/C16H23Br/c1-2-13-3-7-15(8-4-13)16-9-5-14(6-10-16)11-12-17/h5-6,9-10,13,15H,2-4,7-8,11-12H2,1H3. The summed E-state index contributed by atoms with van der Waals surface area (Å²) >= 11 is 3.50. The van der Waals surface area contributed by atoms with Gasteiger partial charge in [-0.2, -0.15) is 0 Å². The van der Waals surface area contributed by atoms with Gasteiger partial charge in [0.2, 0.25) is 0 Å². The molecule has 0 spiro atoms. The minimum atomic E-state index is 0.829. The molecule has 0 nitrogen and oxygen atoms in total. The van der Waals surface area contributed by atoms with Crippen molar-refractivity contribution in [3.05, 3.63) is 35.4 Å². The molecule has 1 heteroatoms. The predicted molar refractivity (Wildman–Crippen MR) is 78.9 cm³/mol. The lowest BCUT2D eigenvalue weighted by Crippen LogP contribution is -2.12. The second kappa shape index (κ2) is 6.58. The summed E-state index contributed by atoms with van der Waals surface area (Å²) in [5, 5.41) is 1.06. The highest BCUT2D eigenvalue weighted by Crippen LogP contribution is 2.36. The summed E-state index contributed by atoms with van der Waals surface area (Å²) in [5.41, 5.74) is 3.02. The van der Waals surface area contributed by atoms with Gasteiger partial charge in [0.05, 0.1) is 0 Å². The van der Waals surface area contributed by atoms with Crippen LogP contribution in [0.2, 0.25) is 0 Å². The molecule has 1 fully saturated rings. The summed E-state index contributed by atoms with van der Waals surface area (Å²) in [6, 6.07) is 9.33. The summed E-state index contributed by atoms with van der Waals surface area (Å²) in [7, 11) is 0. The highest BCUT2D eigenvalue weighted by molar-refractivity contribution is 9.09. The highest BCUT2D eigenvalue weighted by atomic mass is 79.9. The average Bonchev–Trinajstić information content (AvgIpc) is 2.40. The average molecular weight is 295 g/mol. The van der Waals surface area contributed by atoms with Crippen LogP contribution >= 0.6 is 15.9 Å². The predicted octanol–water partition coefficient (Wildman–Crippen LogP) is 5.31. The van der Waals surface area contributed by atoms with E-state index in [1.165, 1.54) is 37.7 Å². The lowest BCUT2D eigenvalue weighted by molar-refractivity contribution is 0.319. The van der Waals surface area contributed by atoms with Crippen LogP contribution in [0.15, 0.2) is 24.3 Å². The SMILES string of the molecule is CCC1CCC(c2ccc(CCBr)cc2)CC1. The van der Waals surface area contributed by atoms with Crippen LogP contribution in [0.25, 0.3) is 0 Å². The van der Waals surface area contributed by atoms with Gasteiger partial charge in [-0.25, -0.2) is 0 Å². The van der Waals surface area contributed by atoms with E-state index < -0.39 is 0 Å². The molecule has 0 saturated heterocycles. The van der Waals surface area contributed by atoms with Crippen molar-refractivity contribution < 1.29 is 0 Å². The van der Waals surface area contributed by atoms with E-state index in [9.17, 15) is 0 Å². The van der Waals surface area contributed by atoms with Crippen molar-refractivity contribution in [2.75, 3.05) is 5.33 Å². The van der Waals surface area contributed by atoms with Crippen molar-refractivity contribution in [3.63, 3.8) is 0 Å². The van der Waals surface area contributed by atoms with Crippen molar-refractivity contribution in [2.24, 2.45) is 5.92 Å². The zero-order valence-corrected chi connectivity index (χ0v) is 12.4. The van der Waals surface area contributed by atoms with E-state index in [0.29, 0.717) is 0 Å². The lowest BCUT2D eigenvalue weighted by atomic mass is 9.78. The van der Waals surface area contributed by atoms with Crippen molar-refractivity contribution in [1.82, 2.24) is 0 Å². The number of aryl methyl sites for hydroxylation is 1. The zero-order valence-electron chi connectivity index (χ0n) is 10.8. The molecule has 1 saturated carbocycles. The first-order chi connectivity index (χ1) is 8.33. The van der Waals surface area contributed by atoms with Crippen molar-refractivity contribution in [2.45, 2.75) is 51.4 Å². The van der Waals surface area contributed by atoms with E-state index in [4.69, 9.17) is 0 Å². The van der Waals surface area contributed by atoms with E-state index in [2.05, 4.69) is 47.1 Å². The molecule has 0 N–H and O–H groups in total. The molecule has 1 aliphatic rings. The Morgan fingerprint density at radius 3 is 2.24 bits per heavy atom. The first kappa shape index (κ1) is 13.1. The molecule has 94 valence electrons.